The minimum Gasteiger partial charge on any atom is -0.493 e. The third-order valence-electron chi connectivity index (χ3n) is 2.61. The summed E-state index contributed by atoms with van der Waals surface area (Å²) >= 11 is 7.55. The van der Waals surface area contributed by atoms with E-state index in [9.17, 15) is 4.79 Å². The summed E-state index contributed by atoms with van der Waals surface area (Å²) in [6.45, 7) is 0.482. The Kier molecular flexibility index (Phi) is 4.82. The van der Waals surface area contributed by atoms with Crippen LogP contribution < -0.4 is 9.47 Å². The number of carbonyl (C=O) groups excluding carboxylic acids is 1. The third kappa shape index (κ3) is 3.49. The van der Waals surface area contributed by atoms with Gasteiger partial charge in [-0.2, -0.15) is 11.3 Å². The molecule has 0 atom stereocenters. The molecular formula is C14H13ClO3S. The predicted molar refractivity (Wildman–Crippen MR) is 76.9 cm³/mol. The zero-order chi connectivity index (χ0) is 13.7. The number of rotatable bonds is 6. The molecule has 0 unspecified atom stereocenters. The second-order valence-electron chi connectivity index (χ2n) is 3.87. The van der Waals surface area contributed by atoms with Crippen molar-refractivity contribution in [1.82, 2.24) is 0 Å². The van der Waals surface area contributed by atoms with Crippen molar-refractivity contribution in [3.8, 4) is 11.5 Å². The summed E-state index contributed by atoms with van der Waals surface area (Å²) in [5.74, 6) is 0.914. The second kappa shape index (κ2) is 6.59. The zero-order valence-corrected chi connectivity index (χ0v) is 12.0. The SMILES string of the molecule is COc1cc(Cl)cc(C=O)c1OCCc1ccsc1. The van der Waals surface area contributed by atoms with Gasteiger partial charge in [0.05, 0.1) is 19.3 Å². The van der Waals surface area contributed by atoms with Crippen LogP contribution in [0.15, 0.2) is 29.0 Å². The van der Waals surface area contributed by atoms with Crippen LogP contribution in [0.1, 0.15) is 15.9 Å². The van der Waals surface area contributed by atoms with Gasteiger partial charge in [0, 0.05) is 17.5 Å². The van der Waals surface area contributed by atoms with Crippen LogP contribution in [0.5, 0.6) is 11.5 Å². The highest BCUT2D eigenvalue weighted by atomic mass is 35.5. The standard InChI is InChI=1S/C14H13ClO3S/c1-17-13-7-12(15)6-11(8-16)14(13)18-4-2-10-3-5-19-9-10/h3,5-9H,2,4H2,1H3. The van der Waals surface area contributed by atoms with E-state index in [1.807, 2.05) is 11.4 Å². The average molecular weight is 297 g/mol. The van der Waals surface area contributed by atoms with Crippen molar-refractivity contribution in [2.24, 2.45) is 0 Å². The smallest absolute Gasteiger partial charge is 0.171 e. The fraction of sp³-hybridized carbons (Fsp3) is 0.214. The van der Waals surface area contributed by atoms with E-state index < -0.39 is 0 Å². The summed E-state index contributed by atoms with van der Waals surface area (Å²) in [4.78, 5) is 11.0. The predicted octanol–water partition coefficient (Wildman–Crippen LogP) is 3.84. The molecule has 0 saturated heterocycles. The Bertz CT molecular complexity index is 552. The molecule has 0 fully saturated rings. The van der Waals surface area contributed by atoms with E-state index in [4.69, 9.17) is 21.1 Å². The minimum atomic E-state index is 0.398. The number of carbonyl (C=O) groups is 1. The van der Waals surface area contributed by atoms with E-state index >= 15 is 0 Å². The molecule has 19 heavy (non-hydrogen) atoms. The van der Waals surface area contributed by atoms with Crippen LogP contribution in [0.3, 0.4) is 0 Å². The van der Waals surface area contributed by atoms with E-state index in [0.29, 0.717) is 35.0 Å². The minimum absolute atomic E-state index is 0.398. The molecule has 3 nitrogen and oxygen atoms in total. The zero-order valence-electron chi connectivity index (χ0n) is 10.4. The first-order valence-corrected chi connectivity index (χ1v) is 7.03. The molecule has 1 heterocycles. The van der Waals surface area contributed by atoms with Crippen molar-refractivity contribution in [1.29, 1.82) is 0 Å². The number of thiophene rings is 1. The van der Waals surface area contributed by atoms with Gasteiger partial charge in [-0.15, -0.1) is 0 Å². The summed E-state index contributed by atoms with van der Waals surface area (Å²) in [5, 5.41) is 4.54. The summed E-state index contributed by atoms with van der Waals surface area (Å²) in [6, 6.07) is 5.25. The topological polar surface area (TPSA) is 35.5 Å². The number of aldehydes is 1. The molecule has 0 bridgehead atoms. The third-order valence-corrected chi connectivity index (χ3v) is 3.56. The monoisotopic (exact) mass is 296 g/mol. The maximum Gasteiger partial charge on any atom is 0.171 e. The molecule has 0 saturated carbocycles. The molecule has 2 aromatic rings. The number of methoxy groups -OCH3 is 1. The summed E-state index contributed by atoms with van der Waals surface area (Å²) in [7, 11) is 1.52. The molecule has 1 aromatic carbocycles. The highest BCUT2D eigenvalue weighted by Crippen LogP contribution is 2.33. The molecule has 0 amide bonds. The number of ether oxygens (including phenoxy) is 2. The lowest BCUT2D eigenvalue weighted by Crippen LogP contribution is -2.04. The molecular weight excluding hydrogens is 284 g/mol. The van der Waals surface area contributed by atoms with Crippen LogP contribution in [-0.4, -0.2) is 20.0 Å². The maximum atomic E-state index is 11.0. The van der Waals surface area contributed by atoms with Crippen molar-refractivity contribution in [2.45, 2.75) is 6.42 Å². The largest absolute Gasteiger partial charge is 0.493 e. The van der Waals surface area contributed by atoms with E-state index in [1.54, 1.807) is 23.5 Å². The van der Waals surface area contributed by atoms with Gasteiger partial charge >= 0.3 is 0 Å². The number of halogens is 1. The quantitative estimate of drug-likeness (QED) is 0.760. The van der Waals surface area contributed by atoms with Gasteiger partial charge in [-0.1, -0.05) is 11.6 Å². The van der Waals surface area contributed by atoms with Gasteiger partial charge in [0.15, 0.2) is 17.8 Å². The second-order valence-corrected chi connectivity index (χ2v) is 5.09. The fourth-order valence-electron chi connectivity index (χ4n) is 1.69. The van der Waals surface area contributed by atoms with Gasteiger partial charge in [0.25, 0.3) is 0 Å². The van der Waals surface area contributed by atoms with Crippen LogP contribution in [0.2, 0.25) is 5.02 Å². The molecule has 0 aliphatic carbocycles. The molecule has 0 aliphatic heterocycles. The summed E-state index contributed by atoms with van der Waals surface area (Å²) in [6.07, 6.45) is 1.50. The molecule has 0 aliphatic rings. The number of hydrogen-bond donors (Lipinski definition) is 0. The van der Waals surface area contributed by atoms with Crippen LogP contribution in [-0.2, 0) is 6.42 Å². The Morgan fingerprint density at radius 1 is 1.42 bits per heavy atom. The van der Waals surface area contributed by atoms with Gasteiger partial charge in [-0.25, -0.2) is 0 Å². The average Bonchev–Trinajstić information content (AvgIpc) is 2.92. The van der Waals surface area contributed by atoms with Gasteiger partial charge < -0.3 is 9.47 Å². The molecule has 1 aromatic heterocycles. The molecule has 100 valence electrons. The first kappa shape index (κ1) is 13.9. The molecule has 0 radical (unpaired) electrons. The van der Waals surface area contributed by atoms with Crippen LogP contribution in [0, 0.1) is 0 Å². The highest BCUT2D eigenvalue weighted by molar-refractivity contribution is 7.07. The Morgan fingerprint density at radius 3 is 2.89 bits per heavy atom. The lowest BCUT2D eigenvalue weighted by molar-refractivity contribution is 0.111. The van der Waals surface area contributed by atoms with Gasteiger partial charge in [-0.3, -0.25) is 4.79 Å². The van der Waals surface area contributed by atoms with Gasteiger partial charge in [0.2, 0.25) is 0 Å². The van der Waals surface area contributed by atoms with E-state index in [-0.39, 0.29) is 0 Å². The Hall–Kier alpha value is -1.52. The van der Waals surface area contributed by atoms with Crippen molar-refractivity contribution in [3.63, 3.8) is 0 Å². The van der Waals surface area contributed by atoms with Gasteiger partial charge in [-0.05, 0) is 28.5 Å². The molecule has 2 rings (SSSR count). The van der Waals surface area contributed by atoms with Crippen molar-refractivity contribution >= 4 is 29.2 Å². The maximum absolute atomic E-state index is 11.0. The van der Waals surface area contributed by atoms with Gasteiger partial charge in [0.1, 0.15) is 0 Å². The lowest BCUT2D eigenvalue weighted by Gasteiger charge is -2.12. The van der Waals surface area contributed by atoms with Crippen molar-refractivity contribution in [3.05, 3.63) is 45.1 Å². The molecule has 0 N–H and O–H groups in total. The van der Waals surface area contributed by atoms with Crippen LogP contribution in [0.4, 0.5) is 0 Å². The normalized spacial score (nSPS) is 10.2. The molecule has 0 spiro atoms. The van der Waals surface area contributed by atoms with Crippen molar-refractivity contribution in [2.75, 3.05) is 13.7 Å². The Labute approximate surface area is 120 Å². The first-order valence-electron chi connectivity index (χ1n) is 5.71. The van der Waals surface area contributed by atoms with Crippen LogP contribution >= 0.6 is 22.9 Å². The summed E-state index contributed by atoms with van der Waals surface area (Å²) in [5.41, 5.74) is 1.61. The van der Waals surface area contributed by atoms with E-state index in [1.165, 1.54) is 12.7 Å². The Balaban J connectivity index is 2.11. The lowest BCUT2D eigenvalue weighted by atomic mass is 10.2. The Morgan fingerprint density at radius 2 is 2.26 bits per heavy atom. The van der Waals surface area contributed by atoms with E-state index in [0.717, 1.165) is 6.42 Å². The van der Waals surface area contributed by atoms with Crippen LogP contribution in [0.25, 0.3) is 0 Å². The first-order chi connectivity index (χ1) is 9.24. The fourth-order valence-corrected chi connectivity index (χ4v) is 2.61. The summed E-state index contributed by atoms with van der Waals surface area (Å²) < 4.78 is 10.9. The highest BCUT2D eigenvalue weighted by Gasteiger charge is 2.12. The molecule has 5 heteroatoms. The number of hydrogen-bond acceptors (Lipinski definition) is 4. The van der Waals surface area contributed by atoms with Crippen molar-refractivity contribution < 1.29 is 14.3 Å². The van der Waals surface area contributed by atoms with E-state index in [2.05, 4.69) is 5.38 Å². The number of benzene rings is 1.